The fourth-order valence-electron chi connectivity index (χ4n) is 2.10. The van der Waals surface area contributed by atoms with Gasteiger partial charge in [-0.05, 0) is 12.1 Å². The van der Waals surface area contributed by atoms with Crippen molar-refractivity contribution in [3.8, 4) is 5.75 Å². The Labute approximate surface area is 106 Å². The summed E-state index contributed by atoms with van der Waals surface area (Å²) >= 11 is 0. The van der Waals surface area contributed by atoms with E-state index >= 15 is 0 Å². The van der Waals surface area contributed by atoms with Crippen LogP contribution in [0.5, 0.6) is 5.75 Å². The predicted octanol–water partition coefficient (Wildman–Crippen LogP) is 1.60. The van der Waals surface area contributed by atoms with Crippen molar-refractivity contribution in [3.05, 3.63) is 36.5 Å². The van der Waals surface area contributed by atoms with Crippen LogP contribution in [0.25, 0.3) is 10.9 Å². The first-order valence-electron chi connectivity index (χ1n) is 6.22. The van der Waals surface area contributed by atoms with Crippen LogP contribution in [0.4, 0.5) is 0 Å². The van der Waals surface area contributed by atoms with Gasteiger partial charge >= 0.3 is 0 Å². The molecule has 4 nitrogen and oxygen atoms in total. The molecule has 4 heteroatoms. The average Bonchev–Trinajstić information content (AvgIpc) is 2.46. The van der Waals surface area contributed by atoms with Gasteiger partial charge in [0.15, 0.2) is 0 Å². The monoisotopic (exact) mass is 244 g/mol. The molecule has 3 rings (SSSR count). The SMILES string of the molecule is c1cnc2c(OC[C@@H]3CNCCO3)cccc2c1. The van der Waals surface area contributed by atoms with E-state index in [1.165, 1.54) is 0 Å². The van der Waals surface area contributed by atoms with E-state index in [0.717, 1.165) is 36.3 Å². The largest absolute Gasteiger partial charge is 0.489 e. The summed E-state index contributed by atoms with van der Waals surface area (Å²) in [6.45, 7) is 3.08. The summed E-state index contributed by atoms with van der Waals surface area (Å²) < 4.78 is 11.4. The van der Waals surface area contributed by atoms with E-state index in [-0.39, 0.29) is 6.10 Å². The zero-order chi connectivity index (χ0) is 12.2. The van der Waals surface area contributed by atoms with Crippen molar-refractivity contribution in [1.82, 2.24) is 10.3 Å². The van der Waals surface area contributed by atoms with Crippen LogP contribution < -0.4 is 10.1 Å². The Hall–Kier alpha value is -1.65. The Morgan fingerprint density at radius 1 is 1.33 bits per heavy atom. The minimum absolute atomic E-state index is 0.123. The Kier molecular flexibility index (Phi) is 3.39. The Morgan fingerprint density at radius 2 is 2.28 bits per heavy atom. The van der Waals surface area contributed by atoms with Crippen molar-refractivity contribution in [2.45, 2.75) is 6.10 Å². The molecule has 1 aliphatic rings. The minimum atomic E-state index is 0.123. The lowest BCUT2D eigenvalue weighted by Crippen LogP contribution is -2.41. The van der Waals surface area contributed by atoms with E-state index in [1.54, 1.807) is 6.20 Å². The quantitative estimate of drug-likeness (QED) is 0.890. The Bertz CT molecular complexity index is 519. The number of para-hydroxylation sites is 1. The summed E-state index contributed by atoms with van der Waals surface area (Å²) in [7, 11) is 0. The first kappa shape index (κ1) is 11.4. The van der Waals surface area contributed by atoms with Crippen molar-refractivity contribution in [2.75, 3.05) is 26.3 Å². The molecule has 18 heavy (non-hydrogen) atoms. The highest BCUT2D eigenvalue weighted by atomic mass is 16.5. The second-order valence-corrected chi connectivity index (χ2v) is 4.34. The molecule has 1 N–H and O–H groups in total. The predicted molar refractivity (Wildman–Crippen MR) is 69.8 cm³/mol. The van der Waals surface area contributed by atoms with Crippen LogP contribution >= 0.6 is 0 Å². The highest BCUT2D eigenvalue weighted by Crippen LogP contribution is 2.23. The van der Waals surface area contributed by atoms with E-state index in [0.29, 0.717) is 6.61 Å². The number of aromatic nitrogens is 1. The number of nitrogens with zero attached hydrogens (tertiary/aromatic N) is 1. The number of pyridine rings is 1. The first-order chi connectivity index (χ1) is 8.93. The number of nitrogens with one attached hydrogen (secondary N) is 1. The van der Waals surface area contributed by atoms with E-state index in [1.807, 2.05) is 30.3 Å². The number of hydrogen-bond donors (Lipinski definition) is 1. The summed E-state index contributed by atoms with van der Waals surface area (Å²) in [5.74, 6) is 0.822. The van der Waals surface area contributed by atoms with Crippen LogP contribution in [0.2, 0.25) is 0 Å². The number of hydrogen-bond acceptors (Lipinski definition) is 4. The summed E-state index contributed by atoms with van der Waals surface area (Å²) in [6.07, 6.45) is 1.91. The standard InChI is InChI=1S/C14H16N2O2/c1-3-11-4-2-6-16-14(11)13(5-1)18-10-12-9-15-7-8-17-12/h1-6,12,15H,7-10H2/t12-/m0/s1. The molecule has 1 fully saturated rings. The summed E-state index contributed by atoms with van der Waals surface area (Å²) in [4.78, 5) is 4.36. The third kappa shape index (κ3) is 2.44. The molecule has 2 heterocycles. The molecular weight excluding hydrogens is 228 g/mol. The van der Waals surface area contributed by atoms with Crippen LogP contribution in [-0.2, 0) is 4.74 Å². The van der Waals surface area contributed by atoms with Crippen molar-refractivity contribution in [3.63, 3.8) is 0 Å². The van der Waals surface area contributed by atoms with E-state index in [4.69, 9.17) is 9.47 Å². The van der Waals surface area contributed by atoms with Gasteiger partial charge in [-0.15, -0.1) is 0 Å². The Morgan fingerprint density at radius 3 is 3.17 bits per heavy atom. The molecular formula is C14H16N2O2. The maximum absolute atomic E-state index is 5.83. The number of benzene rings is 1. The molecule has 0 spiro atoms. The molecule has 0 amide bonds. The molecule has 0 radical (unpaired) electrons. The Balaban J connectivity index is 1.74. The summed E-state index contributed by atoms with van der Waals surface area (Å²) in [5.41, 5.74) is 0.906. The van der Waals surface area contributed by atoms with Gasteiger partial charge in [0.2, 0.25) is 0 Å². The van der Waals surface area contributed by atoms with Crippen LogP contribution in [0.1, 0.15) is 0 Å². The van der Waals surface area contributed by atoms with Gasteiger partial charge in [0.05, 0.1) is 6.61 Å². The van der Waals surface area contributed by atoms with Crippen LogP contribution in [-0.4, -0.2) is 37.4 Å². The van der Waals surface area contributed by atoms with E-state index < -0.39 is 0 Å². The van der Waals surface area contributed by atoms with Gasteiger partial charge in [0, 0.05) is 24.7 Å². The highest BCUT2D eigenvalue weighted by Gasteiger charge is 2.14. The molecule has 0 bridgehead atoms. The van der Waals surface area contributed by atoms with Gasteiger partial charge in [-0.1, -0.05) is 18.2 Å². The minimum Gasteiger partial charge on any atom is -0.489 e. The van der Waals surface area contributed by atoms with Crippen LogP contribution in [0, 0.1) is 0 Å². The molecule has 0 aliphatic carbocycles. The normalized spacial score (nSPS) is 19.9. The molecule has 94 valence electrons. The third-order valence-electron chi connectivity index (χ3n) is 3.02. The lowest BCUT2D eigenvalue weighted by atomic mass is 10.2. The van der Waals surface area contributed by atoms with Gasteiger partial charge in [0.1, 0.15) is 24.0 Å². The lowest BCUT2D eigenvalue weighted by Gasteiger charge is -2.23. The molecule has 1 atom stereocenters. The lowest BCUT2D eigenvalue weighted by molar-refractivity contribution is 0.000476. The topological polar surface area (TPSA) is 43.4 Å². The maximum atomic E-state index is 5.83. The molecule has 2 aromatic rings. The average molecular weight is 244 g/mol. The van der Waals surface area contributed by atoms with Crippen molar-refractivity contribution >= 4 is 10.9 Å². The number of morpholine rings is 1. The maximum Gasteiger partial charge on any atom is 0.145 e. The third-order valence-corrected chi connectivity index (χ3v) is 3.02. The van der Waals surface area contributed by atoms with Crippen LogP contribution in [0.3, 0.4) is 0 Å². The van der Waals surface area contributed by atoms with Gasteiger partial charge in [-0.25, -0.2) is 0 Å². The second-order valence-electron chi connectivity index (χ2n) is 4.34. The fourth-order valence-corrected chi connectivity index (χ4v) is 2.10. The number of fused-ring (bicyclic) bond motifs is 1. The molecule has 0 unspecified atom stereocenters. The second kappa shape index (κ2) is 5.33. The number of rotatable bonds is 3. The van der Waals surface area contributed by atoms with E-state index in [2.05, 4.69) is 10.3 Å². The molecule has 1 aliphatic heterocycles. The molecule has 1 aromatic heterocycles. The highest BCUT2D eigenvalue weighted by molar-refractivity contribution is 5.84. The smallest absolute Gasteiger partial charge is 0.145 e. The van der Waals surface area contributed by atoms with Crippen LogP contribution in [0.15, 0.2) is 36.5 Å². The van der Waals surface area contributed by atoms with Gasteiger partial charge in [-0.3, -0.25) is 4.98 Å². The van der Waals surface area contributed by atoms with Crippen molar-refractivity contribution in [1.29, 1.82) is 0 Å². The zero-order valence-corrected chi connectivity index (χ0v) is 10.1. The summed E-state index contributed by atoms with van der Waals surface area (Å²) in [6, 6.07) is 9.94. The number of ether oxygens (including phenoxy) is 2. The first-order valence-corrected chi connectivity index (χ1v) is 6.22. The van der Waals surface area contributed by atoms with Gasteiger partial charge < -0.3 is 14.8 Å². The van der Waals surface area contributed by atoms with Crippen molar-refractivity contribution < 1.29 is 9.47 Å². The molecule has 1 saturated heterocycles. The molecule has 0 saturated carbocycles. The zero-order valence-electron chi connectivity index (χ0n) is 10.1. The summed E-state index contributed by atoms with van der Waals surface area (Å²) in [5, 5.41) is 4.38. The molecule has 1 aromatic carbocycles. The van der Waals surface area contributed by atoms with Crippen molar-refractivity contribution in [2.24, 2.45) is 0 Å². The fraction of sp³-hybridized carbons (Fsp3) is 0.357. The van der Waals surface area contributed by atoms with E-state index in [9.17, 15) is 0 Å². The van der Waals surface area contributed by atoms with Gasteiger partial charge in [0.25, 0.3) is 0 Å². The van der Waals surface area contributed by atoms with Gasteiger partial charge in [-0.2, -0.15) is 0 Å².